The Labute approximate surface area is 93.1 Å². The van der Waals surface area contributed by atoms with Crippen molar-refractivity contribution < 1.29 is 5.11 Å². The number of nitrogens with zero attached hydrogens (tertiary/aromatic N) is 1. The highest BCUT2D eigenvalue weighted by Crippen LogP contribution is 2.49. The highest BCUT2D eigenvalue weighted by molar-refractivity contribution is 6.36. The third-order valence-electron chi connectivity index (χ3n) is 3.23. The van der Waals surface area contributed by atoms with Gasteiger partial charge in [-0.3, -0.25) is 0 Å². The number of aryl methyl sites for hydroxylation is 1. The van der Waals surface area contributed by atoms with Crippen LogP contribution in [0.3, 0.4) is 0 Å². The first-order valence-corrected chi connectivity index (χ1v) is 5.46. The summed E-state index contributed by atoms with van der Waals surface area (Å²) in [6, 6.07) is 5.96. The van der Waals surface area contributed by atoms with E-state index in [0.717, 1.165) is 29.3 Å². The Kier molecular flexibility index (Phi) is 1.71. The van der Waals surface area contributed by atoms with Crippen LogP contribution in [0.1, 0.15) is 18.4 Å². The predicted molar refractivity (Wildman–Crippen MR) is 61.1 cm³/mol. The summed E-state index contributed by atoms with van der Waals surface area (Å²) in [5, 5.41) is 11.8. The molecule has 3 heteroatoms. The van der Waals surface area contributed by atoms with Gasteiger partial charge in [-0.1, -0.05) is 17.7 Å². The monoisotopic (exact) mass is 221 g/mol. The van der Waals surface area contributed by atoms with Crippen LogP contribution in [0.5, 0.6) is 0 Å². The number of rotatable bonds is 1. The molecule has 1 aliphatic carbocycles. The van der Waals surface area contributed by atoms with Gasteiger partial charge >= 0.3 is 0 Å². The minimum Gasteiger partial charge on any atom is -0.385 e. The van der Waals surface area contributed by atoms with Crippen LogP contribution in [-0.2, 0) is 12.6 Å². The van der Waals surface area contributed by atoms with E-state index in [-0.39, 0.29) is 0 Å². The van der Waals surface area contributed by atoms with Crippen molar-refractivity contribution in [2.24, 2.45) is 7.05 Å². The second-order valence-electron chi connectivity index (χ2n) is 4.32. The summed E-state index contributed by atoms with van der Waals surface area (Å²) in [7, 11) is 1.99. The van der Waals surface area contributed by atoms with E-state index in [1.807, 2.05) is 36.0 Å². The summed E-state index contributed by atoms with van der Waals surface area (Å²) < 4.78 is 2.03. The first-order chi connectivity index (χ1) is 7.12. The molecule has 0 bridgehead atoms. The lowest BCUT2D eigenvalue weighted by molar-refractivity contribution is 0.152. The van der Waals surface area contributed by atoms with Crippen molar-refractivity contribution in [2.75, 3.05) is 0 Å². The molecule has 1 heterocycles. The molecule has 0 aliphatic heterocycles. The fourth-order valence-electron chi connectivity index (χ4n) is 2.06. The number of fused-ring (bicyclic) bond motifs is 1. The molecule has 0 atom stereocenters. The number of benzene rings is 1. The maximum absolute atomic E-state index is 10.1. The molecule has 1 aromatic carbocycles. The first-order valence-electron chi connectivity index (χ1n) is 5.08. The molecule has 1 saturated carbocycles. The van der Waals surface area contributed by atoms with E-state index in [1.54, 1.807) is 0 Å². The Bertz CT molecular complexity index is 540. The number of aliphatic hydroxyl groups is 1. The van der Waals surface area contributed by atoms with Crippen LogP contribution in [-0.4, -0.2) is 9.67 Å². The van der Waals surface area contributed by atoms with Crippen molar-refractivity contribution in [1.82, 2.24) is 4.57 Å². The number of halogens is 1. The van der Waals surface area contributed by atoms with Crippen LogP contribution < -0.4 is 0 Å². The average Bonchev–Trinajstić information content (AvgIpc) is 2.83. The summed E-state index contributed by atoms with van der Waals surface area (Å²) in [6.07, 6.45) is 3.63. The Morgan fingerprint density at radius 2 is 2.07 bits per heavy atom. The zero-order valence-corrected chi connectivity index (χ0v) is 9.25. The molecular formula is C12H12ClNO. The Morgan fingerprint density at radius 1 is 1.33 bits per heavy atom. The summed E-state index contributed by atoms with van der Waals surface area (Å²) >= 11 is 6.31. The molecule has 0 amide bonds. The molecule has 0 saturated heterocycles. The van der Waals surface area contributed by atoms with Gasteiger partial charge in [0.2, 0.25) is 0 Å². The molecule has 0 unspecified atom stereocenters. The smallest absolute Gasteiger partial charge is 0.0913 e. The van der Waals surface area contributed by atoms with E-state index in [2.05, 4.69) is 0 Å². The Balaban J connectivity index is 2.30. The molecule has 1 N–H and O–H groups in total. The quantitative estimate of drug-likeness (QED) is 0.787. The minimum absolute atomic E-state index is 0.652. The minimum atomic E-state index is -0.652. The standard InChI is InChI=1S/C12H12ClNO/c1-14-7-4-8-10(14)3-2-9(11(8)13)12(15)5-6-12/h2-4,7,15H,5-6H2,1H3. The SMILES string of the molecule is Cn1ccc2c(Cl)c(C3(O)CC3)ccc21. The largest absolute Gasteiger partial charge is 0.385 e. The number of hydrogen-bond acceptors (Lipinski definition) is 1. The van der Waals surface area contributed by atoms with Crippen molar-refractivity contribution in [3.8, 4) is 0 Å². The highest BCUT2D eigenvalue weighted by atomic mass is 35.5. The third-order valence-corrected chi connectivity index (χ3v) is 3.63. The lowest BCUT2D eigenvalue weighted by Gasteiger charge is -2.11. The summed E-state index contributed by atoms with van der Waals surface area (Å²) in [5.74, 6) is 0. The molecule has 2 aromatic rings. The number of hydrogen-bond donors (Lipinski definition) is 1. The second kappa shape index (κ2) is 2.77. The molecular weight excluding hydrogens is 210 g/mol. The molecule has 2 nitrogen and oxygen atoms in total. The van der Waals surface area contributed by atoms with Gasteiger partial charge in [-0.15, -0.1) is 0 Å². The van der Waals surface area contributed by atoms with E-state index >= 15 is 0 Å². The van der Waals surface area contributed by atoms with Crippen molar-refractivity contribution in [1.29, 1.82) is 0 Å². The van der Waals surface area contributed by atoms with Crippen molar-refractivity contribution in [3.63, 3.8) is 0 Å². The molecule has 1 fully saturated rings. The Morgan fingerprint density at radius 3 is 2.73 bits per heavy atom. The fraction of sp³-hybridized carbons (Fsp3) is 0.333. The molecule has 78 valence electrons. The normalized spacial score (nSPS) is 18.3. The maximum Gasteiger partial charge on any atom is 0.0913 e. The van der Waals surface area contributed by atoms with Crippen LogP contribution >= 0.6 is 11.6 Å². The predicted octanol–water partition coefficient (Wildman–Crippen LogP) is 2.81. The van der Waals surface area contributed by atoms with E-state index in [4.69, 9.17) is 11.6 Å². The molecule has 0 spiro atoms. The summed E-state index contributed by atoms with van der Waals surface area (Å²) in [6.45, 7) is 0. The Hall–Kier alpha value is -0.990. The van der Waals surface area contributed by atoms with Crippen molar-refractivity contribution in [2.45, 2.75) is 18.4 Å². The topological polar surface area (TPSA) is 25.2 Å². The van der Waals surface area contributed by atoms with E-state index in [1.165, 1.54) is 0 Å². The van der Waals surface area contributed by atoms with Gasteiger partial charge in [-0.05, 0) is 25.0 Å². The van der Waals surface area contributed by atoms with Crippen LogP contribution in [0, 0.1) is 0 Å². The van der Waals surface area contributed by atoms with Crippen LogP contribution in [0.15, 0.2) is 24.4 Å². The molecule has 1 aromatic heterocycles. The molecule has 3 rings (SSSR count). The molecule has 15 heavy (non-hydrogen) atoms. The highest BCUT2D eigenvalue weighted by Gasteiger charge is 2.43. The zero-order valence-electron chi connectivity index (χ0n) is 8.50. The van der Waals surface area contributed by atoms with Gasteiger partial charge in [0.25, 0.3) is 0 Å². The summed E-state index contributed by atoms with van der Waals surface area (Å²) in [5.41, 5.74) is 1.33. The molecule has 1 aliphatic rings. The van der Waals surface area contributed by atoms with Gasteiger partial charge in [0, 0.05) is 29.7 Å². The zero-order chi connectivity index (χ0) is 10.6. The van der Waals surface area contributed by atoms with Crippen LogP contribution in [0.25, 0.3) is 10.9 Å². The molecule has 0 radical (unpaired) electrons. The van der Waals surface area contributed by atoms with Gasteiger partial charge in [0.05, 0.1) is 10.6 Å². The third kappa shape index (κ3) is 1.22. The van der Waals surface area contributed by atoms with Crippen LogP contribution in [0.4, 0.5) is 0 Å². The van der Waals surface area contributed by atoms with Crippen molar-refractivity contribution in [3.05, 3.63) is 35.0 Å². The second-order valence-corrected chi connectivity index (χ2v) is 4.70. The fourth-order valence-corrected chi connectivity index (χ4v) is 2.46. The van der Waals surface area contributed by atoms with Gasteiger partial charge in [0.15, 0.2) is 0 Å². The van der Waals surface area contributed by atoms with E-state index in [0.29, 0.717) is 5.02 Å². The number of aromatic nitrogens is 1. The average molecular weight is 222 g/mol. The summed E-state index contributed by atoms with van der Waals surface area (Å²) in [4.78, 5) is 0. The lowest BCUT2D eigenvalue weighted by atomic mass is 10.1. The van der Waals surface area contributed by atoms with Gasteiger partial charge < -0.3 is 9.67 Å². The van der Waals surface area contributed by atoms with Gasteiger partial charge in [-0.2, -0.15) is 0 Å². The van der Waals surface area contributed by atoms with Gasteiger partial charge in [0.1, 0.15) is 0 Å². The van der Waals surface area contributed by atoms with E-state index in [9.17, 15) is 5.11 Å². The van der Waals surface area contributed by atoms with E-state index < -0.39 is 5.60 Å². The van der Waals surface area contributed by atoms with Crippen LogP contribution in [0.2, 0.25) is 5.02 Å². The maximum atomic E-state index is 10.1. The lowest BCUT2D eigenvalue weighted by Crippen LogP contribution is -2.04. The van der Waals surface area contributed by atoms with Crippen molar-refractivity contribution >= 4 is 22.5 Å². The first kappa shape index (κ1) is 9.25. The van der Waals surface area contributed by atoms with Gasteiger partial charge in [-0.25, -0.2) is 0 Å².